The van der Waals surface area contributed by atoms with E-state index in [-0.39, 0.29) is 25.2 Å². The number of aliphatic hydroxyl groups is 1. The Hall–Kier alpha value is -1.88. The van der Waals surface area contributed by atoms with E-state index < -0.39 is 6.10 Å². The van der Waals surface area contributed by atoms with Crippen molar-refractivity contribution >= 4 is 11.9 Å². The van der Waals surface area contributed by atoms with Crippen LogP contribution in [0.2, 0.25) is 0 Å². The number of ether oxygens (including phenoxy) is 2. The maximum absolute atomic E-state index is 12.4. The summed E-state index contributed by atoms with van der Waals surface area (Å²) in [5.74, 6) is -0.563. The molecule has 1 unspecified atom stereocenters. The summed E-state index contributed by atoms with van der Waals surface area (Å²) in [6.45, 7) is 4.20. The second-order valence-corrected chi connectivity index (χ2v) is 27.9. The van der Waals surface area contributed by atoms with Crippen molar-refractivity contribution in [1.29, 1.82) is 0 Å². The number of aliphatic hydroxyl groups excluding tert-OH is 1. The molecule has 1 atom stereocenters. The molecule has 0 amide bonds. The van der Waals surface area contributed by atoms with Crippen LogP contribution in [0.3, 0.4) is 0 Å². The number of unbranched alkanes of at least 4 members (excludes halogenated alkanes) is 63. The highest BCUT2D eigenvalue weighted by atomic mass is 16.6. The number of allylic oxidation sites excluding steroid dienone is 6. The lowest BCUT2D eigenvalue weighted by Gasteiger charge is -2.15. The number of rotatable bonds is 77. The highest BCUT2D eigenvalue weighted by Gasteiger charge is 2.16. The van der Waals surface area contributed by atoms with E-state index in [1.165, 1.54) is 392 Å². The number of carbonyl (C=O) groups is 2. The van der Waals surface area contributed by atoms with Crippen LogP contribution in [0.15, 0.2) is 36.5 Å². The topological polar surface area (TPSA) is 72.8 Å². The molecule has 0 heterocycles. The van der Waals surface area contributed by atoms with Gasteiger partial charge in [-0.15, -0.1) is 0 Å². The molecule has 520 valence electrons. The van der Waals surface area contributed by atoms with Crippen molar-refractivity contribution in [3.05, 3.63) is 36.5 Å². The van der Waals surface area contributed by atoms with Gasteiger partial charge in [0.05, 0.1) is 6.61 Å². The number of esters is 2. The molecule has 0 spiro atoms. The summed E-state index contributed by atoms with van der Waals surface area (Å²) in [6.07, 6.45) is 107. The average Bonchev–Trinajstić information content (AvgIpc) is 3.56. The van der Waals surface area contributed by atoms with Crippen molar-refractivity contribution in [1.82, 2.24) is 0 Å². The van der Waals surface area contributed by atoms with Gasteiger partial charge in [0.25, 0.3) is 0 Å². The molecule has 0 aliphatic rings. The van der Waals surface area contributed by atoms with Crippen LogP contribution in [0.1, 0.15) is 463 Å². The van der Waals surface area contributed by atoms with Gasteiger partial charge in [-0.3, -0.25) is 9.59 Å². The zero-order valence-electron chi connectivity index (χ0n) is 60.0. The normalized spacial score (nSPS) is 12.3. The second kappa shape index (κ2) is 79.4. The third-order valence-electron chi connectivity index (χ3n) is 18.9. The Bertz CT molecular complexity index is 1400. The smallest absolute Gasteiger partial charge is 0.306 e. The average molecular weight is 1240 g/mol. The highest BCUT2D eigenvalue weighted by Crippen LogP contribution is 2.20. The van der Waals surface area contributed by atoms with Gasteiger partial charge in [0.1, 0.15) is 6.61 Å². The Morgan fingerprint density at radius 3 is 0.682 bits per heavy atom. The first-order valence-electron chi connectivity index (χ1n) is 40.5. The fourth-order valence-corrected chi connectivity index (χ4v) is 12.9. The van der Waals surface area contributed by atoms with Gasteiger partial charge in [0.15, 0.2) is 6.10 Å². The lowest BCUT2D eigenvalue weighted by atomic mass is 10.0. The van der Waals surface area contributed by atoms with Gasteiger partial charge in [-0.05, 0) is 51.4 Å². The van der Waals surface area contributed by atoms with Gasteiger partial charge in [-0.2, -0.15) is 0 Å². The van der Waals surface area contributed by atoms with Crippen molar-refractivity contribution in [2.75, 3.05) is 13.2 Å². The Morgan fingerprint density at radius 2 is 0.455 bits per heavy atom. The molecule has 0 bridgehead atoms. The molecule has 5 heteroatoms. The third kappa shape index (κ3) is 76.6. The third-order valence-corrected chi connectivity index (χ3v) is 18.9. The lowest BCUT2D eigenvalue weighted by Crippen LogP contribution is -2.28. The Morgan fingerprint density at radius 1 is 0.261 bits per heavy atom. The largest absolute Gasteiger partial charge is 0.462 e. The molecule has 0 saturated carbocycles. The summed E-state index contributed by atoms with van der Waals surface area (Å²) in [5.41, 5.74) is 0. The SMILES string of the molecule is CCCCCCC/C=C\C/C=C\C/C=C\CCCCCCCCCCCCCCCCCCCCC(=O)OC(CO)COC(=O)CCCCCCCCCCCCCCCCCCCCCCCCCCCCCCCCCCCCCCCCCCC. The van der Waals surface area contributed by atoms with Crippen molar-refractivity contribution in [3.8, 4) is 0 Å². The van der Waals surface area contributed by atoms with Gasteiger partial charge in [0.2, 0.25) is 0 Å². The van der Waals surface area contributed by atoms with Gasteiger partial charge in [-0.25, -0.2) is 0 Å². The van der Waals surface area contributed by atoms with Crippen LogP contribution in [0, 0.1) is 0 Å². The molecule has 0 aromatic carbocycles. The summed E-state index contributed by atoms with van der Waals surface area (Å²) >= 11 is 0. The van der Waals surface area contributed by atoms with E-state index in [4.69, 9.17) is 9.47 Å². The van der Waals surface area contributed by atoms with Crippen LogP contribution >= 0.6 is 0 Å². The highest BCUT2D eigenvalue weighted by molar-refractivity contribution is 5.70. The number of hydrogen-bond donors (Lipinski definition) is 1. The molecule has 0 saturated heterocycles. The zero-order chi connectivity index (χ0) is 63.3. The molecule has 5 nitrogen and oxygen atoms in total. The van der Waals surface area contributed by atoms with Gasteiger partial charge in [-0.1, -0.05) is 436 Å². The van der Waals surface area contributed by atoms with Crippen molar-refractivity contribution in [3.63, 3.8) is 0 Å². The summed E-state index contributed by atoms with van der Waals surface area (Å²) in [6, 6.07) is 0. The van der Waals surface area contributed by atoms with E-state index >= 15 is 0 Å². The Kier molecular flexibility index (Phi) is 77.7. The van der Waals surface area contributed by atoms with Crippen LogP contribution in [0.25, 0.3) is 0 Å². The van der Waals surface area contributed by atoms with E-state index in [2.05, 4.69) is 50.3 Å². The lowest BCUT2D eigenvalue weighted by molar-refractivity contribution is -0.161. The maximum atomic E-state index is 12.4. The minimum Gasteiger partial charge on any atom is -0.462 e. The first kappa shape index (κ1) is 86.1. The van der Waals surface area contributed by atoms with Crippen LogP contribution in [-0.4, -0.2) is 36.4 Å². The molecular weight excluding hydrogens is 1080 g/mol. The van der Waals surface area contributed by atoms with Crippen LogP contribution in [-0.2, 0) is 19.1 Å². The molecule has 0 rings (SSSR count). The molecule has 0 aromatic heterocycles. The van der Waals surface area contributed by atoms with Crippen molar-refractivity contribution in [2.45, 2.75) is 469 Å². The summed E-state index contributed by atoms with van der Waals surface area (Å²) in [5, 5.41) is 9.73. The van der Waals surface area contributed by atoms with Crippen LogP contribution < -0.4 is 0 Å². The van der Waals surface area contributed by atoms with Gasteiger partial charge >= 0.3 is 11.9 Å². The summed E-state index contributed by atoms with van der Waals surface area (Å²) in [7, 11) is 0. The van der Waals surface area contributed by atoms with Crippen molar-refractivity contribution < 1.29 is 24.2 Å². The summed E-state index contributed by atoms with van der Waals surface area (Å²) < 4.78 is 10.8. The first-order valence-corrected chi connectivity index (χ1v) is 40.5. The second-order valence-electron chi connectivity index (χ2n) is 27.9. The molecule has 0 aromatic rings. The standard InChI is InChI=1S/C83H158O5/c1-3-5-7-9-11-13-15-17-19-21-23-25-27-29-31-33-35-37-38-39-40-41-42-43-44-46-47-49-51-53-55-57-59-61-63-65-67-69-71-73-75-77-82(85)87-80-81(79-84)88-83(86)78-76-74-72-70-68-66-64-62-60-58-56-54-52-50-48-45-36-34-32-30-28-26-24-22-20-18-16-14-12-10-8-6-4-2/h16,18,22,24,28,30,81,84H,3-15,17,19-21,23,25-27,29,31-80H2,1-2H3/b18-16-,24-22-,30-28-. The summed E-state index contributed by atoms with van der Waals surface area (Å²) in [4.78, 5) is 24.7. The molecule has 1 N–H and O–H groups in total. The molecule has 0 fully saturated rings. The quantitative estimate of drug-likeness (QED) is 0.0373. The number of carbonyl (C=O) groups excluding carboxylic acids is 2. The number of hydrogen-bond acceptors (Lipinski definition) is 5. The molecule has 0 aliphatic heterocycles. The van der Waals surface area contributed by atoms with Crippen LogP contribution in [0.4, 0.5) is 0 Å². The van der Waals surface area contributed by atoms with E-state index in [1.54, 1.807) is 0 Å². The fraction of sp³-hybridized carbons (Fsp3) is 0.904. The van der Waals surface area contributed by atoms with E-state index in [0.717, 1.165) is 44.9 Å². The minimum absolute atomic E-state index is 0.0588. The monoisotopic (exact) mass is 1240 g/mol. The van der Waals surface area contributed by atoms with E-state index in [1.807, 2.05) is 0 Å². The van der Waals surface area contributed by atoms with Crippen molar-refractivity contribution in [2.24, 2.45) is 0 Å². The van der Waals surface area contributed by atoms with E-state index in [9.17, 15) is 14.7 Å². The molecule has 88 heavy (non-hydrogen) atoms. The Balaban J connectivity index is 3.35. The Labute approximate surface area is 552 Å². The van der Waals surface area contributed by atoms with Gasteiger partial charge < -0.3 is 14.6 Å². The van der Waals surface area contributed by atoms with Crippen LogP contribution in [0.5, 0.6) is 0 Å². The maximum Gasteiger partial charge on any atom is 0.306 e. The fourth-order valence-electron chi connectivity index (χ4n) is 12.9. The minimum atomic E-state index is -0.771. The first-order chi connectivity index (χ1) is 43.6. The predicted octanol–water partition coefficient (Wildman–Crippen LogP) is 28.4. The predicted molar refractivity (Wildman–Crippen MR) is 390 cm³/mol. The zero-order valence-corrected chi connectivity index (χ0v) is 60.0. The molecular formula is C83H158O5. The molecule has 0 radical (unpaired) electrons. The van der Waals surface area contributed by atoms with E-state index in [0.29, 0.717) is 12.8 Å². The van der Waals surface area contributed by atoms with Gasteiger partial charge in [0, 0.05) is 12.8 Å². The molecule has 0 aliphatic carbocycles.